The first-order valence-electron chi connectivity index (χ1n) is 6.02. The minimum atomic E-state index is 0.411. The van der Waals surface area contributed by atoms with Gasteiger partial charge in [0.2, 0.25) is 0 Å². The lowest BCUT2D eigenvalue weighted by molar-refractivity contribution is 0.170. The molecule has 0 spiro atoms. The molecule has 4 nitrogen and oxygen atoms in total. The quantitative estimate of drug-likeness (QED) is 0.735. The molecule has 0 fully saturated rings. The Hall–Kier alpha value is -0.970. The molecule has 0 aliphatic carbocycles. The van der Waals surface area contributed by atoms with E-state index in [4.69, 9.17) is 4.74 Å². The first-order valence-corrected chi connectivity index (χ1v) is 6.02. The van der Waals surface area contributed by atoms with Gasteiger partial charge in [-0.3, -0.25) is 4.98 Å². The Labute approximate surface area is 104 Å². The van der Waals surface area contributed by atoms with E-state index in [1.165, 1.54) is 5.56 Å². The topological polar surface area (TPSA) is 37.4 Å². The van der Waals surface area contributed by atoms with Crippen LogP contribution in [0.3, 0.4) is 0 Å². The Balaban J connectivity index is 2.15. The molecule has 17 heavy (non-hydrogen) atoms. The van der Waals surface area contributed by atoms with Gasteiger partial charge in [-0.05, 0) is 31.7 Å². The van der Waals surface area contributed by atoms with Crippen LogP contribution in [-0.4, -0.2) is 49.8 Å². The summed E-state index contributed by atoms with van der Waals surface area (Å²) in [7, 11) is 3.86. The Morgan fingerprint density at radius 3 is 2.76 bits per heavy atom. The van der Waals surface area contributed by atoms with Crippen LogP contribution in [0.5, 0.6) is 0 Å². The van der Waals surface area contributed by atoms with Crippen LogP contribution in [0.15, 0.2) is 24.5 Å². The van der Waals surface area contributed by atoms with Crippen molar-refractivity contribution >= 4 is 0 Å². The van der Waals surface area contributed by atoms with Crippen LogP contribution in [0.2, 0.25) is 0 Å². The molecule has 1 rings (SSSR count). The van der Waals surface area contributed by atoms with Crippen molar-refractivity contribution in [2.75, 3.05) is 33.9 Å². The fourth-order valence-electron chi connectivity index (χ4n) is 1.69. The number of methoxy groups -OCH3 is 1. The largest absolute Gasteiger partial charge is 0.383 e. The molecular formula is C13H23N3O. The van der Waals surface area contributed by atoms with Crippen molar-refractivity contribution < 1.29 is 4.74 Å². The Bertz CT molecular complexity index is 292. The van der Waals surface area contributed by atoms with Gasteiger partial charge in [-0.15, -0.1) is 0 Å². The molecule has 1 heterocycles. The summed E-state index contributed by atoms with van der Waals surface area (Å²) in [6, 6.07) is 4.52. The summed E-state index contributed by atoms with van der Waals surface area (Å²) in [4.78, 5) is 6.31. The van der Waals surface area contributed by atoms with E-state index in [9.17, 15) is 0 Å². The summed E-state index contributed by atoms with van der Waals surface area (Å²) in [5, 5.41) is 3.42. The minimum Gasteiger partial charge on any atom is -0.383 e. The molecule has 0 aliphatic heterocycles. The van der Waals surface area contributed by atoms with Gasteiger partial charge in [0.05, 0.1) is 6.61 Å². The summed E-state index contributed by atoms with van der Waals surface area (Å²) < 4.78 is 5.07. The van der Waals surface area contributed by atoms with Gasteiger partial charge in [0.1, 0.15) is 0 Å². The molecule has 0 bridgehead atoms. The van der Waals surface area contributed by atoms with Gasteiger partial charge in [0.15, 0.2) is 0 Å². The first kappa shape index (κ1) is 14.1. The van der Waals surface area contributed by atoms with Gasteiger partial charge >= 0.3 is 0 Å². The van der Waals surface area contributed by atoms with E-state index in [1.54, 1.807) is 7.11 Å². The number of rotatable bonds is 8. The molecule has 0 saturated heterocycles. The zero-order valence-electron chi connectivity index (χ0n) is 11.0. The van der Waals surface area contributed by atoms with Gasteiger partial charge in [0.25, 0.3) is 0 Å². The highest BCUT2D eigenvalue weighted by Gasteiger charge is 2.02. The van der Waals surface area contributed by atoms with Crippen LogP contribution in [0.1, 0.15) is 12.5 Å². The molecule has 1 atom stereocenters. The van der Waals surface area contributed by atoms with Crippen molar-refractivity contribution in [2.24, 2.45) is 0 Å². The van der Waals surface area contributed by atoms with Crippen molar-refractivity contribution in [1.82, 2.24) is 15.2 Å². The molecule has 1 aromatic heterocycles. The highest BCUT2D eigenvalue weighted by molar-refractivity contribution is 5.09. The number of hydrogen-bond donors (Lipinski definition) is 1. The summed E-state index contributed by atoms with van der Waals surface area (Å²) in [5.41, 5.74) is 1.30. The number of hydrogen-bond acceptors (Lipinski definition) is 4. The molecule has 0 saturated carbocycles. The van der Waals surface area contributed by atoms with E-state index in [2.05, 4.69) is 41.3 Å². The zero-order valence-corrected chi connectivity index (χ0v) is 11.0. The molecule has 1 N–H and O–H groups in total. The van der Waals surface area contributed by atoms with Crippen molar-refractivity contribution in [1.29, 1.82) is 0 Å². The molecule has 0 aliphatic rings. The predicted molar refractivity (Wildman–Crippen MR) is 69.9 cm³/mol. The number of pyridine rings is 1. The Kier molecular flexibility index (Phi) is 6.77. The highest BCUT2D eigenvalue weighted by atomic mass is 16.5. The van der Waals surface area contributed by atoms with Crippen LogP contribution in [0.4, 0.5) is 0 Å². The standard InChI is InChI=1S/C13H23N3O/c1-12(11-17-3)15-8-9-16(2)10-13-4-6-14-7-5-13/h4-7,12,15H,8-11H2,1-3H3. The summed E-state index contributed by atoms with van der Waals surface area (Å²) >= 11 is 0. The van der Waals surface area contributed by atoms with Gasteiger partial charge in [0, 0.05) is 45.2 Å². The molecule has 1 unspecified atom stereocenters. The molecule has 1 aromatic rings. The second-order valence-electron chi connectivity index (χ2n) is 4.40. The van der Waals surface area contributed by atoms with Crippen LogP contribution in [-0.2, 0) is 11.3 Å². The Morgan fingerprint density at radius 1 is 1.41 bits per heavy atom. The number of ether oxygens (including phenoxy) is 1. The van der Waals surface area contributed by atoms with Gasteiger partial charge in [-0.25, -0.2) is 0 Å². The van der Waals surface area contributed by atoms with Gasteiger partial charge in [-0.2, -0.15) is 0 Å². The van der Waals surface area contributed by atoms with Crippen LogP contribution < -0.4 is 5.32 Å². The third-order valence-corrected chi connectivity index (χ3v) is 2.60. The first-order chi connectivity index (χ1) is 8.22. The fourth-order valence-corrected chi connectivity index (χ4v) is 1.69. The number of nitrogens with zero attached hydrogens (tertiary/aromatic N) is 2. The van der Waals surface area contributed by atoms with E-state index in [0.29, 0.717) is 6.04 Å². The molecule has 0 amide bonds. The maximum atomic E-state index is 5.07. The third-order valence-electron chi connectivity index (χ3n) is 2.60. The second kappa shape index (κ2) is 8.17. The zero-order chi connectivity index (χ0) is 12.5. The monoisotopic (exact) mass is 237 g/mol. The van der Waals surface area contributed by atoms with Gasteiger partial charge < -0.3 is 15.0 Å². The van der Waals surface area contributed by atoms with Gasteiger partial charge in [-0.1, -0.05) is 0 Å². The summed E-state index contributed by atoms with van der Waals surface area (Å²) in [6.45, 7) is 5.85. The average Bonchev–Trinajstić information content (AvgIpc) is 2.30. The maximum absolute atomic E-state index is 5.07. The van der Waals surface area contributed by atoms with Crippen molar-refractivity contribution in [3.63, 3.8) is 0 Å². The molecule has 0 radical (unpaired) electrons. The van der Waals surface area contributed by atoms with E-state index in [1.807, 2.05) is 12.4 Å². The average molecular weight is 237 g/mol. The van der Waals surface area contributed by atoms with Crippen LogP contribution in [0, 0.1) is 0 Å². The lowest BCUT2D eigenvalue weighted by Gasteiger charge is -2.19. The molecule has 96 valence electrons. The lowest BCUT2D eigenvalue weighted by atomic mass is 10.2. The smallest absolute Gasteiger partial charge is 0.0613 e. The van der Waals surface area contributed by atoms with E-state index < -0.39 is 0 Å². The fraction of sp³-hybridized carbons (Fsp3) is 0.615. The van der Waals surface area contributed by atoms with Crippen molar-refractivity contribution in [2.45, 2.75) is 19.5 Å². The lowest BCUT2D eigenvalue weighted by Crippen LogP contribution is -2.36. The van der Waals surface area contributed by atoms with E-state index in [0.717, 1.165) is 26.2 Å². The van der Waals surface area contributed by atoms with Crippen molar-refractivity contribution in [3.05, 3.63) is 30.1 Å². The normalized spacial score (nSPS) is 12.9. The maximum Gasteiger partial charge on any atom is 0.0613 e. The summed E-state index contributed by atoms with van der Waals surface area (Å²) in [6.07, 6.45) is 3.67. The van der Waals surface area contributed by atoms with Crippen LogP contribution >= 0.6 is 0 Å². The number of aromatic nitrogens is 1. The Morgan fingerprint density at radius 2 is 2.12 bits per heavy atom. The number of nitrogens with one attached hydrogen (secondary N) is 1. The van der Waals surface area contributed by atoms with Crippen LogP contribution in [0.25, 0.3) is 0 Å². The summed E-state index contributed by atoms with van der Waals surface area (Å²) in [5.74, 6) is 0. The van der Waals surface area contributed by atoms with Crippen molar-refractivity contribution in [3.8, 4) is 0 Å². The minimum absolute atomic E-state index is 0.411. The third kappa shape index (κ3) is 6.36. The SMILES string of the molecule is COCC(C)NCCN(C)Cc1ccncc1. The highest BCUT2D eigenvalue weighted by Crippen LogP contribution is 2.00. The van der Waals surface area contributed by atoms with E-state index >= 15 is 0 Å². The molecular weight excluding hydrogens is 214 g/mol. The van der Waals surface area contributed by atoms with E-state index in [-0.39, 0.29) is 0 Å². The number of likely N-dealkylation sites (N-methyl/N-ethyl adjacent to an activating group) is 1. The molecule has 0 aromatic carbocycles. The predicted octanol–water partition coefficient (Wildman–Crippen LogP) is 1.14. The molecule has 4 heteroatoms. The second-order valence-corrected chi connectivity index (χ2v) is 4.40.